The lowest BCUT2D eigenvalue weighted by molar-refractivity contribution is -0.134. The second-order valence-corrected chi connectivity index (χ2v) is 25.0. The summed E-state index contributed by atoms with van der Waals surface area (Å²) in [5.41, 5.74) is 33.6. The highest BCUT2D eigenvalue weighted by Crippen LogP contribution is 2.23. The Morgan fingerprint density at radius 2 is 0.781 bits per heavy atom. The molecule has 0 fully saturated rings. The van der Waals surface area contributed by atoms with Crippen molar-refractivity contribution in [1.82, 2.24) is 72.4 Å². The standard InChI is InChI=1S/C73H86N22O10/c1-42(96)87-61(34-49-38-79-40-85-49)70(104)93-58(30-43-14-4-2-5-15-43)68(102)90-56(23-13-29-82-73(77)78)66(100)95-60(33-47-37-84-54-21-11-9-19-52(47)54)67(101)88-48-26-24-45(25-27-48)64(98)92-62(35-50-39-80-41-86-50)71(105)94-59(31-44-16-6-3-7-17-44)69(103)89-55(22-12-28-81-72(75)76)65(99)91-57(63(74)97)32-46-36-83-53-20-10-8-18-51(46)53/h2-11,14-21,24-27,36-41,55-62,83-84H,12-13,22-23,28-35H2,1H3,(H2,74,97)(H,79,85)(H,80,86)(H,87,96)(H,88,101)(H,89,103)(H,90,102)(H,91,99)(H,92,98)(H,93,104)(H,94,105)(H,95,100)(H4,75,76,81)(H4,77,78,82)/t55-,56-,57-,58+,59+,60-,61-,62-/m0/s1. The Balaban J connectivity index is 0.923. The van der Waals surface area contributed by atoms with Gasteiger partial charge in [-0.25, -0.2) is 9.97 Å². The minimum atomic E-state index is -1.38. The number of anilines is 1. The van der Waals surface area contributed by atoms with E-state index in [9.17, 15) is 47.9 Å². The molecule has 0 aliphatic heterocycles. The summed E-state index contributed by atoms with van der Waals surface area (Å²) >= 11 is 0. The average molecular weight is 1430 g/mol. The van der Waals surface area contributed by atoms with E-state index in [-0.39, 0.29) is 100 Å². The van der Waals surface area contributed by atoms with Crippen molar-refractivity contribution in [2.45, 2.75) is 119 Å². The maximum Gasteiger partial charge on any atom is 0.251 e. The Morgan fingerprint density at radius 1 is 0.400 bits per heavy atom. The van der Waals surface area contributed by atoms with Gasteiger partial charge in [-0.1, -0.05) is 97.1 Å². The molecule has 0 unspecified atom stereocenters. The van der Waals surface area contributed by atoms with Gasteiger partial charge >= 0.3 is 0 Å². The second-order valence-electron chi connectivity index (χ2n) is 25.0. The molecular formula is C73H86N22O10. The van der Waals surface area contributed by atoms with Crippen molar-refractivity contribution in [2.75, 3.05) is 18.4 Å². The van der Waals surface area contributed by atoms with E-state index in [0.717, 1.165) is 21.8 Å². The van der Waals surface area contributed by atoms with Crippen LogP contribution >= 0.6 is 0 Å². The number of rotatable bonds is 38. The smallest absolute Gasteiger partial charge is 0.251 e. The van der Waals surface area contributed by atoms with Crippen molar-refractivity contribution in [3.63, 3.8) is 0 Å². The summed E-state index contributed by atoms with van der Waals surface area (Å²) in [6.07, 6.45) is 9.29. The first kappa shape index (κ1) is 76.0. The first-order chi connectivity index (χ1) is 50.6. The maximum absolute atomic E-state index is 14.9. The molecular weight excluding hydrogens is 1340 g/mol. The fourth-order valence-corrected chi connectivity index (χ4v) is 11.8. The number of primary amides is 1. The third-order valence-corrected chi connectivity index (χ3v) is 17.1. The number of nitrogens with zero attached hydrogens (tertiary/aromatic N) is 4. The molecule has 32 heteroatoms. The van der Waals surface area contributed by atoms with Gasteiger partial charge in [0.1, 0.15) is 48.3 Å². The van der Waals surface area contributed by atoms with E-state index in [2.05, 4.69) is 87.7 Å². The van der Waals surface area contributed by atoms with Crippen molar-refractivity contribution in [3.8, 4) is 0 Å². The molecule has 0 saturated carbocycles. The molecule has 0 aliphatic carbocycles. The third kappa shape index (κ3) is 22.9. The van der Waals surface area contributed by atoms with Gasteiger partial charge in [-0.3, -0.25) is 57.9 Å². The number of para-hydroxylation sites is 2. The third-order valence-electron chi connectivity index (χ3n) is 17.1. The van der Waals surface area contributed by atoms with Crippen LogP contribution in [0.1, 0.15) is 76.6 Å². The maximum atomic E-state index is 14.9. The summed E-state index contributed by atoms with van der Waals surface area (Å²) in [6.45, 7) is 1.39. The summed E-state index contributed by atoms with van der Waals surface area (Å²) in [6, 6.07) is 27.6. The number of guanidine groups is 2. The first-order valence-electron chi connectivity index (χ1n) is 34.0. The predicted molar refractivity (Wildman–Crippen MR) is 393 cm³/mol. The number of nitrogens with one attached hydrogen (secondary N) is 13. The Labute approximate surface area is 603 Å². The minimum absolute atomic E-state index is 0.0158. The molecule has 105 heavy (non-hydrogen) atoms. The molecule has 0 bridgehead atoms. The van der Waals surface area contributed by atoms with Gasteiger partial charge in [0.05, 0.1) is 24.0 Å². The van der Waals surface area contributed by atoms with Crippen LogP contribution in [0.15, 0.2) is 181 Å². The first-order valence-corrected chi connectivity index (χ1v) is 34.0. The van der Waals surface area contributed by atoms with Crippen LogP contribution in [0.25, 0.3) is 21.8 Å². The van der Waals surface area contributed by atoms with Crippen LogP contribution in [0.2, 0.25) is 0 Å². The van der Waals surface area contributed by atoms with E-state index >= 15 is 0 Å². The van der Waals surface area contributed by atoms with Crippen LogP contribution in [0.4, 0.5) is 5.69 Å². The lowest BCUT2D eigenvalue weighted by Crippen LogP contribution is -2.59. The van der Waals surface area contributed by atoms with Crippen LogP contribution in [-0.2, 0) is 81.7 Å². The quantitative estimate of drug-likeness (QED) is 0.0143. The van der Waals surface area contributed by atoms with Gasteiger partial charge in [0.15, 0.2) is 11.9 Å². The second kappa shape index (κ2) is 37.5. The summed E-state index contributed by atoms with van der Waals surface area (Å²) in [7, 11) is 0. The van der Waals surface area contributed by atoms with Crippen molar-refractivity contribution >= 4 is 98.5 Å². The van der Waals surface area contributed by atoms with Gasteiger partial charge < -0.3 is 96.5 Å². The van der Waals surface area contributed by atoms with Crippen molar-refractivity contribution in [2.24, 2.45) is 38.7 Å². The number of hydrogen-bond donors (Lipinski definition) is 18. The molecule has 0 spiro atoms. The number of hydrogen-bond acceptors (Lipinski definition) is 14. The molecule has 4 heterocycles. The summed E-state index contributed by atoms with van der Waals surface area (Å²) in [5, 5.41) is 26.6. The highest BCUT2D eigenvalue weighted by molar-refractivity contribution is 6.02. The lowest BCUT2D eigenvalue weighted by atomic mass is 10.0. The molecule has 32 nitrogen and oxygen atoms in total. The Hall–Kier alpha value is -13.2. The fraction of sp³-hybridized carbons (Fsp3) is 0.288. The molecule has 8 atom stereocenters. The molecule has 5 aromatic carbocycles. The number of aromatic amines is 4. The zero-order valence-electron chi connectivity index (χ0n) is 57.5. The monoisotopic (exact) mass is 1430 g/mol. The highest BCUT2D eigenvalue weighted by Gasteiger charge is 2.35. The summed E-state index contributed by atoms with van der Waals surface area (Å²) in [4.78, 5) is 170. The van der Waals surface area contributed by atoms with Gasteiger partial charge in [-0.05, 0) is 84.3 Å². The van der Waals surface area contributed by atoms with Crippen LogP contribution in [0.3, 0.4) is 0 Å². The molecule has 9 rings (SSSR count). The number of amides is 10. The zero-order valence-corrected chi connectivity index (χ0v) is 57.5. The van der Waals surface area contributed by atoms with Crippen LogP contribution < -0.4 is 76.5 Å². The molecule has 10 amide bonds. The number of fused-ring (bicyclic) bond motifs is 2. The number of carbonyl (C=O) groups is 10. The highest BCUT2D eigenvalue weighted by atomic mass is 16.2. The SMILES string of the molecule is CC(=O)N[C@@H](Cc1c[nH]cn1)C(=O)N[C@H](Cc1ccccc1)C(=O)N[C@@H](CCCN=C(N)N)C(=O)N[C@@H](Cc1c[nH]c2ccccc12)C(=O)Nc1ccc(C(=O)N[C@@H](Cc2c[nH]cn2)C(=O)N[C@H](Cc2ccccc2)C(=O)N[C@@H](CCCN=C(N)N)C(=O)N[C@@H](Cc2c[nH]c3ccccc23)C(N)=O)cc1. The van der Waals surface area contributed by atoms with Gasteiger partial charge in [0, 0.05) is 116 Å². The molecule has 23 N–H and O–H groups in total. The van der Waals surface area contributed by atoms with E-state index in [4.69, 9.17) is 28.7 Å². The van der Waals surface area contributed by atoms with Crippen LogP contribution in [-0.4, -0.2) is 162 Å². The molecule has 9 aromatic rings. The molecule has 4 aromatic heterocycles. The average Bonchev–Trinajstić information content (AvgIpc) is 1.49. The zero-order chi connectivity index (χ0) is 74.8. The number of aromatic nitrogens is 6. The van der Waals surface area contributed by atoms with Crippen LogP contribution in [0.5, 0.6) is 0 Å². The summed E-state index contributed by atoms with van der Waals surface area (Å²) < 4.78 is 0. The minimum Gasteiger partial charge on any atom is -0.370 e. The predicted octanol–water partition coefficient (Wildman–Crippen LogP) is 0.594. The fourth-order valence-electron chi connectivity index (χ4n) is 11.8. The normalized spacial score (nSPS) is 13.3. The number of H-pyrrole nitrogens is 4. The Bertz CT molecular complexity index is 4500. The van der Waals surface area contributed by atoms with Crippen molar-refractivity contribution in [3.05, 3.63) is 210 Å². The van der Waals surface area contributed by atoms with Crippen molar-refractivity contribution in [1.29, 1.82) is 0 Å². The number of imidazole rings is 2. The topological polar surface area (TPSA) is 523 Å². The lowest BCUT2D eigenvalue weighted by Gasteiger charge is -2.26. The number of carbonyl (C=O) groups excluding carboxylic acids is 10. The number of aliphatic imine (C=N–C) groups is 2. The molecule has 548 valence electrons. The van der Waals surface area contributed by atoms with Crippen LogP contribution in [0, 0.1) is 0 Å². The Morgan fingerprint density at radius 3 is 1.20 bits per heavy atom. The largest absolute Gasteiger partial charge is 0.370 e. The van der Waals surface area contributed by atoms with E-state index < -0.39 is 107 Å². The van der Waals surface area contributed by atoms with Gasteiger partial charge in [-0.2, -0.15) is 0 Å². The van der Waals surface area contributed by atoms with E-state index in [0.29, 0.717) is 33.6 Å². The number of benzene rings is 5. The molecule has 0 radical (unpaired) electrons. The number of nitrogens with two attached hydrogens (primary N) is 5. The van der Waals surface area contributed by atoms with E-state index in [1.165, 1.54) is 50.0 Å². The van der Waals surface area contributed by atoms with Gasteiger partial charge in [-0.15, -0.1) is 0 Å². The Kier molecular flexibility index (Phi) is 27.1. The van der Waals surface area contributed by atoms with Gasteiger partial charge in [0.2, 0.25) is 53.2 Å². The van der Waals surface area contributed by atoms with Crippen molar-refractivity contribution < 1.29 is 47.9 Å². The van der Waals surface area contributed by atoms with E-state index in [1.807, 2.05) is 48.5 Å². The van der Waals surface area contributed by atoms with E-state index in [1.54, 1.807) is 79.3 Å². The summed E-state index contributed by atoms with van der Waals surface area (Å²) in [5.74, 6) is -7.77. The van der Waals surface area contributed by atoms with Gasteiger partial charge in [0.25, 0.3) is 5.91 Å². The molecule has 0 aliphatic rings. The molecule has 0 saturated heterocycles.